The first-order chi connectivity index (χ1) is 13.9. The van der Waals surface area contributed by atoms with Gasteiger partial charge in [-0.1, -0.05) is 15.9 Å². The smallest absolute Gasteiger partial charge is 0.246 e. The van der Waals surface area contributed by atoms with Gasteiger partial charge in [-0.3, -0.25) is 14.5 Å². The first-order valence-electron chi connectivity index (χ1n) is 9.10. The van der Waals surface area contributed by atoms with Crippen molar-refractivity contribution < 1.29 is 18.4 Å². The van der Waals surface area contributed by atoms with E-state index in [9.17, 15) is 18.4 Å². The molecule has 1 aliphatic rings. The maximum atomic E-state index is 13.8. The van der Waals surface area contributed by atoms with Gasteiger partial charge in [0.25, 0.3) is 0 Å². The Labute approximate surface area is 176 Å². The first-order valence-corrected chi connectivity index (χ1v) is 9.90. The van der Waals surface area contributed by atoms with Crippen LogP contribution in [-0.2, 0) is 9.59 Å². The van der Waals surface area contributed by atoms with Gasteiger partial charge in [0.15, 0.2) is 0 Å². The van der Waals surface area contributed by atoms with Gasteiger partial charge in [-0.25, -0.2) is 8.78 Å². The monoisotopic (exact) mass is 463 g/mol. The van der Waals surface area contributed by atoms with Gasteiger partial charge in [0.2, 0.25) is 11.8 Å². The van der Waals surface area contributed by atoms with E-state index in [0.717, 1.165) is 4.47 Å². The SMILES string of the molecule is O=C(CN1CCN(C(=O)C=Cc2cc(Br)ccc2F)CC1)Nc1ccc(F)cc1. The van der Waals surface area contributed by atoms with E-state index in [-0.39, 0.29) is 24.2 Å². The third kappa shape index (κ3) is 6.20. The molecule has 0 spiro atoms. The molecule has 1 heterocycles. The first kappa shape index (κ1) is 21.1. The topological polar surface area (TPSA) is 52.7 Å². The van der Waals surface area contributed by atoms with Crippen molar-refractivity contribution in [2.45, 2.75) is 0 Å². The normalized spacial score (nSPS) is 14.9. The highest BCUT2D eigenvalue weighted by molar-refractivity contribution is 9.10. The number of benzene rings is 2. The van der Waals surface area contributed by atoms with Crippen molar-refractivity contribution in [1.29, 1.82) is 0 Å². The summed E-state index contributed by atoms with van der Waals surface area (Å²) in [4.78, 5) is 28.1. The highest BCUT2D eigenvalue weighted by atomic mass is 79.9. The Morgan fingerprint density at radius 1 is 1.03 bits per heavy atom. The van der Waals surface area contributed by atoms with Crippen LogP contribution in [0.25, 0.3) is 6.08 Å². The van der Waals surface area contributed by atoms with Crippen molar-refractivity contribution in [2.75, 3.05) is 38.0 Å². The van der Waals surface area contributed by atoms with Crippen LogP contribution < -0.4 is 5.32 Å². The predicted molar refractivity (Wildman–Crippen MR) is 111 cm³/mol. The minimum Gasteiger partial charge on any atom is -0.337 e. The molecule has 0 aliphatic carbocycles. The van der Waals surface area contributed by atoms with Crippen LogP contribution in [0.15, 0.2) is 53.0 Å². The zero-order valence-corrected chi connectivity index (χ0v) is 17.2. The minimum absolute atomic E-state index is 0.193. The highest BCUT2D eigenvalue weighted by Gasteiger charge is 2.21. The van der Waals surface area contributed by atoms with Gasteiger partial charge in [-0.15, -0.1) is 0 Å². The van der Waals surface area contributed by atoms with Gasteiger partial charge in [0, 0.05) is 48.0 Å². The van der Waals surface area contributed by atoms with Crippen LogP contribution in [0.4, 0.5) is 14.5 Å². The van der Waals surface area contributed by atoms with Crippen molar-refractivity contribution in [3.05, 3.63) is 70.2 Å². The van der Waals surface area contributed by atoms with Gasteiger partial charge >= 0.3 is 0 Å². The van der Waals surface area contributed by atoms with E-state index in [1.54, 1.807) is 17.0 Å². The summed E-state index contributed by atoms with van der Waals surface area (Å²) in [7, 11) is 0. The van der Waals surface area contributed by atoms with Gasteiger partial charge in [-0.2, -0.15) is 0 Å². The second-order valence-corrected chi connectivity index (χ2v) is 7.57. The average Bonchev–Trinajstić information content (AvgIpc) is 2.70. The maximum Gasteiger partial charge on any atom is 0.246 e. The summed E-state index contributed by atoms with van der Waals surface area (Å²) in [6, 6.07) is 10.1. The molecule has 1 aliphatic heterocycles. The van der Waals surface area contributed by atoms with Crippen LogP contribution in [0.5, 0.6) is 0 Å². The zero-order chi connectivity index (χ0) is 20.8. The number of amides is 2. The molecule has 2 aromatic rings. The predicted octanol–water partition coefficient (Wildman–Crippen LogP) is 3.52. The fourth-order valence-corrected chi connectivity index (χ4v) is 3.35. The maximum absolute atomic E-state index is 13.8. The molecule has 2 amide bonds. The Kier molecular flexibility index (Phi) is 7.11. The molecule has 1 fully saturated rings. The molecular formula is C21H20BrF2N3O2. The van der Waals surface area contributed by atoms with Gasteiger partial charge in [0.05, 0.1) is 6.54 Å². The molecular weight excluding hydrogens is 444 g/mol. The summed E-state index contributed by atoms with van der Waals surface area (Å²) in [5, 5.41) is 2.72. The molecule has 0 radical (unpaired) electrons. The Balaban J connectivity index is 1.46. The number of nitrogens with zero attached hydrogens (tertiary/aromatic N) is 2. The lowest BCUT2D eigenvalue weighted by Gasteiger charge is -2.33. The van der Waals surface area contributed by atoms with E-state index in [4.69, 9.17) is 0 Å². The van der Waals surface area contributed by atoms with Crippen LogP contribution in [-0.4, -0.2) is 54.3 Å². The Morgan fingerprint density at radius 2 is 1.72 bits per heavy atom. The van der Waals surface area contributed by atoms with E-state index in [0.29, 0.717) is 37.4 Å². The summed E-state index contributed by atoms with van der Waals surface area (Å²) < 4.78 is 27.4. The quantitative estimate of drug-likeness (QED) is 0.690. The fraction of sp³-hybridized carbons (Fsp3) is 0.238. The van der Waals surface area contributed by atoms with Gasteiger partial charge < -0.3 is 10.2 Å². The van der Waals surface area contributed by atoms with Crippen molar-refractivity contribution in [2.24, 2.45) is 0 Å². The zero-order valence-electron chi connectivity index (χ0n) is 15.6. The standard InChI is InChI=1S/C21H20BrF2N3O2/c22-16-2-7-19(24)15(13-16)1-8-21(29)27-11-9-26(10-12-27)14-20(28)25-18-5-3-17(23)4-6-18/h1-8,13H,9-12,14H2,(H,25,28). The van der Waals surface area contributed by atoms with Crippen LogP contribution in [0.2, 0.25) is 0 Å². The molecule has 1 N–H and O–H groups in total. The summed E-state index contributed by atoms with van der Waals surface area (Å²) in [6.45, 7) is 2.27. The number of nitrogens with one attached hydrogen (secondary N) is 1. The summed E-state index contributed by atoms with van der Waals surface area (Å²) in [6.07, 6.45) is 2.83. The van der Waals surface area contributed by atoms with E-state index < -0.39 is 5.82 Å². The molecule has 0 atom stereocenters. The van der Waals surface area contributed by atoms with Crippen LogP contribution >= 0.6 is 15.9 Å². The van der Waals surface area contributed by atoms with Crippen molar-refractivity contribution in [3.63, 3.8) is 0 Å². The second-order valence-electron chi connectivity index (χ2n) is 6.66. The number of piperazine rings is 1. The van der Waals surface area contributed by atoms with Crippen LogP contribution in [0.1, 0.15) is 5.56 Å². The van der Waals surface area contributed by atoms with E-state index >= 15 is 0 Å². The molecule has 1 saturated heterocycles. The molecule has 5 nitrogen and oxygen atoms in total. The summed E-state index contributed by atoms with van der Waals surface area (Å²) in [5.41, 5.74) is 0.874. The van der Waals surface area contributed by atoms with Crippen molar-refractivity contribution in [3.8, 4) is 0 Å². The Bertz CT molecular complexity index is 911. The third-order valence-corrected chi connectivity index (χ3v) is 5.04. The molecule has 2 aromatic carbocycles. The Morgan fingerprint density at radius 3 is 2.41 bits per heavy atom. The number of hydrogen-bond acceptors (Lipinski definition) is 3. The van der Waals surface area contributed by atoms with Gasteiger partial charge in [0.1, 0.15) is 11.6 Å². The number of anilines is 1. The third-order valence-electron chi connectivity index (χ3n) is 4.54. The number of rotatable bonds is 5. The largest absolute Gasteiger partial charge is 0.337 e. The lowest BCUT2D eigenvalue weighted by atomic mass is 10.2. The van der Waals surface area contributed by atoms with Crippen LogP contribution in [0.3, 0.4) is 0 Å². The van der Waals surface area contributed by atoms with Crippen molar-refractivity contribution in [1.82, 2.24) is 9.80 Å². The molecule has 0 unspecified atom stereocenters. The van der Waals surface area contributed by atoms with Gasteiger partial charge in [-0.05, 0) is 48.5 Å². The van der Waals surface area contributed by atoms with E-state index in [2.05, 4.69) is 21.2 Å². The number of halogens is 3. The average molecular weight is 464 g/mol. The molecule has 0 bridgehead atoms. The number of hydrogen-bond donors (Lipinski definition) is 1. The number of carbonyl (C=O) groups is 2. The molecule has 152 valence electrons. The molecule has 0 aromatic heterocycles. The second kappa shape index (κ2) is 9.76. The molecule has 29 heavy (non-hydrogen) atoms. The summed E-state index contributed by atoms with van der Waals surface area (Å²) >= 11 is 3.28. The molecule has 8 heteroatoms. The highest BCUT2D eigenvalue weighted by Crippen LogP contribution is 2.17. The lowest BCUT2D eigenvalue weighted by molar-refractivity contribution is -0.127. The fourth-order valence-electron chi connectivity index (χ4n) is 2.97. The lowest BCUT2D eigenvalue weighted by Crippen LogP contribution is -2.50. The minimum atomic E-state index is -0.394. The number of carbonyl (C=O) groups excluding carboxylic acids is 2. The van der Waals surface area contributed by atoms with E-state index in [1.165, 1.54) is 42.5 Å². The van der Waals surface area contributed by atoms with E-state index in [1.807, 2.05) is 4.90 Å². The van der Waals surface area contributed by atoms with Crippen LogP contribution in [0, 0.1) is 11.6 Å². The Hall–Kier alpha value is -2.58. The molecule has 3 rings (SSSR count). The summed E-state index contributed by atoms with van der Waals surface area (Å²) in [5.74, 6) is -1.14. The molecule has 0 saturated carbocycles. The van der Waals surface area contributed by atoms with Crippen molar-refractivity contribution >= 4 is 39.5 Å².